The Morgan fingerprint density at radius 3 is 2.22 bits per heavy atom. The van der Waals surface area contributed by atoms with E-state index in [9.17, 15) is 13.2 Å². The molecule has 0 bridgehead atoms. The molecule has 0 fully saturated rings. The third-order valence-corrected chi connectivity index (χ3v) is 5.30. The summed E-state index contributed by atoms with van der Waals surface area (Å²) < 4.78 is 26.0. The van der Waals surface area contributed by atoms with Gasteiger partial charge in [-0.25, -0.2) is 8.42 Å². The number of nitriles is 1. The lowest BCUT2D eigenvalue weighted by Crippen LogP contribution is -2.47. The van der Waals surface area contributed by atoms with Gasteiger partial charge in [0, 0.05) is 5.69 Å². The first-order valence-electron chi connectivity index (χ1n) is 8.59. The molecular weight excluding hydrogens is 362 g/mol. The van der Waals surface area contributed by atoms with Crippen molar-refractivity contribution in [3.8, 4) is 6.07 Å². The lowest BCUT2D eigenvalue weighted by Gasteiger charge is -2.30. The van der Waals surface area contributed by atoms with Crippen molar-refractivity contribution in [3.05, 3.63) is 59.7 Å². The minimum absolute atomic E-state index is 0.293. The van der Waals surface area contributed by atoms with Crippen LogP contribution in [0.25, 0.3) is 0 Å². The molecule has 2 rings (SSSR count). The van der Waals surface area contributed by atoms with Gasteiger partial charge >= 0.3 is 0 Å². The largest absolute Gasteiger partial charge is 0.324 e. The number of benzene rings is 2. The molecule has 6 nitrogen and oxygen atoms in total. The lowest BCUT2D eigenvalue weighted by molar-refractivity contribution is -0.117. The monoisotopic (exact) mass is 385 g/mol. The van der Waals surface area contributed by atoms with E-state index in [1.807, 2.05) is 19.1 Å². The van der Waals surface area contributed by atoms with Gasteiger partial charge in [-0.05, 0) is 43.2 Å². The summed E-state index contributed by atoms with van der Waals surface area (Å²) in [6, 6.07) is 15.1. The van der Waals surface area contributed by atoms with Crippen LogP contribution in [0.15, 0.2) is 48.5 Å². The van der Waals surface area contributed by atoms with Crippen molar-refractivity contribution in [2.24, 2.45) is 0 Å². The highest BCUT2D eigenvalue weighted by atomic mass is 32.2. The van der Waals surface area contributed by atoms with Crippen molar-refractivity contribution in [1.29, 1.82) is 5.26 Å². The second-order valence-electron chi connectivity index (χ2n) is 6.34. The molecular formula is C20H23N3O3S. The van der Waals surface area contributed by atoms with Crippen LogP contribution in [0.2, 0.25) is 0 Å². The molecule has 1 atom stereocenters. The highest BCUT2D eigenvalue weighted by molar-refractivity contribution is 7.92. The number of anilines is 2. The second kappa shape index (κ2) is 8.69. The van der Waals surface area contributed by atoms with Gasteiger partial charge in [0.1, 0.15) is 6.04 Å². The van der Waals surface area contributed by atoms with Crippen LogP contribution in [-0.4, -0.2) is 26.6 Å². The SMILES string of the molecule is CC[C@H](C(=O)Nc1ccc(CC#N)cc1)N(c1ccc(C)cc1)S(C)(=O)=O. The first kappa shape index (κ1) is 20.5. The molecule has 0 saturated carbocycles. The predicted molar refractivity (Wildman–Crippen MR) is 107 cm³/mol. The molecule has 0 radical (unpaired) electrons. The van der Waals surface area contributed by atoms with Crippen LogP contribution in [0.1, 0.15) is 24.5 Å². The van der Waals surface area contributed by atoms with Crippen molar-refractivity contribution in [3.63, 3.8) is 0 Å². The van der Waals surface area contributed by atoms with Gasteiger partial charge in [0.05, 0.1) is 24.4 Å². The number of hydrogen-bond acceptors (Lipinski definition) is 4. The molecule has 0 aromatic heterocycles. The van der Waals surface area contributed by atoms with Gasteiger partial charge in [-0.1, -0.05) is 36.8 Å². The number of sulfonamides is 1. The fourth-order valence-electron chi connectivity index (χ4n) is 2.77. The first-order valence-corrected chi connectivity index (χ1v) is 10.4. The van der Waals surface area contributed by atoms with Gasteiger partial charge in [0.2, 0.25) is 15.9 Å². The van der Waals surface area contributed by atoms with Gasteiger partial charge in [-0.15, -0.1) is 0 Å². The van der Waals surface area contributed by atoms with Crippen LogP contribution in [-0.2, 0) is 21.2 Å². The summed E-state index contributed by atoms with van der Waals surface area (Å²) >= 11 is 0. The summed E-state index contributed by atoms with van der Waals surface area (Å²) in [7, 11) is -3.66. The average Bonchev–Trinajstić information content (AvgIpc) is 2.61. The third-order valence-electron chi connectivity index (χ3n) is 4.12. The van der Waals surface area contributed by atoms with Gasteiger partial charge in [-0.3, -0.25) is 9.10 Å². The molecule has 0 aliphatic rings. The summed E-state index contributed by atoms with van der Waals surface area (Å²) in [5, 5.41) is 11.5. The van der Waals surface area contributed by atoms with Crippen molar-refractivity contribution in [2.75, 3.05) is 15.9 Å². The number of hydrogen-bond donors (Lipinski definition) is 1. The minimum atomic E-state index is -3.66. The van der Waals surface area contributed by atoms with Crippen molar-refractivity contribution in [2.45, 2.75) is 32.7 Å². The number of rotatable bonds is 7. The second-order valence-corrected chi connectivity index (χ2v) is 8.20. The molecule has 0 spiro atoms. The van der Waals surface area contributed by atoms with Crippen molar-refractivity contribution in [1.82, 2.24) is 0 Å². The maximum Gasteiger partial charge on any atom is 0.248 e. The number of amides is 1. The molecule has 2 aromatic carbocycles. The Bertz CT molecular complexity index is 930. The zero-order chi connectivity index (χ0) is 20.0. The topological polar surface area (TPSA) is 90.3 Å². The average molecular weight is 385 g/mol. The summed E-state index contributed by atoms with van der Waals surface area (Å²) in [5.74, 6) is -0.406. The summed E-state index contributed by atoms with van der Waals surface area (Å²) in [4.78, 5) is 12.8. The van der Waals surface area contributed by atoms with Crippen LogP contribution >= 0.6 is 0 Å². The van der Waals surface area contributed by atoms with Crippen LogP contribution < -0.4 is 9.62 Å². The van der Waals surface area contributed by atoms with Gasteiger partial charge in [0.25, 0.3) is 0 Å². The Morgan fingerprint density at radius 1 is 1.15 bits per heavy atom. The quantitative estimate of drug-likeness (QED) is 0.792. The molecule has 142 valence electrons. The number of carbonyl (C=O) groups excluding carboxylic acids is 1. The Kier molecular flexibility index (Phi) is 6.59. The van der Waals surface area contributed by atoms with E-state index in [-0.39, 0.29) is 0 Å². The third kappa shape index (κ3) is 5.31. The smallest absolute Gasteiger partial charge is 0.248 e. The lowest BCUT2D eigenvalue weighted by atomic mass is 10.1. The normalized spacial score (nSPS) is 12.1. The van der Waals surface area contributed by atoms with E-state index in [0.29, 0.717) is 24.2 Å². The fourth-order valence-corrected chi connectivity index (χ4v) is 3.99. The highest BCUT2D eigenvalue weighted by Gasteiger charge is 2.31. The van der Waals surface area contributed by atoms with Crippen LogP contribution in [0.4, 0.5) is 11.4 Å². The van der Waals surface area contributed by atoms with Gasteiger partial charge < -0.3 is 5.32 Å². The van der Waals surface area contributed by atoms with Crippen LogP contribution in [0.5, 0.6) is 0 Å². The minimum Gasteiger partial charge on any atom is -0.324 e. The number of aryl methyl sites for hydroxylation is 1. The van der Waals surface area contributed by atoms with Crippen LogP contribution in [0.3, 0.4) is 0 Å². The summed E-state index contributed by atoms with van der Waals surface area (Å²) in [6.45, 7) is 3.68. The molecule has 0 heterocycles. The number of nitrogens with zero attached hydrogens (tertiary/aromatic N) is 2. The van der Waals surface area contributed by atoms with E-state index >= 15 is 0 Å². The molecule has 0 unspecified atom stereocenters. The van der Waals surface area contributed by atoms with E-state index in [1.165, 1.54) is 0 Å². The van der Waals surface area contributed by atoms with Crippen molar-refractivity contribution >= 4 is 27.3 Å². The molecule has 7 heteroatoms. The predicted octanol–water partition coefficient (Wildman–Crippen LogP) is 3.24. The standard InChI is InChI=1S/C20H23N3O3S/c1-4-19(20(24)22-17-9-7-16(8-10-17)13-14-21)23(27(3,25)26)18-11-5-15(2)6-12-18/h5-12,19H,4,13H2,1-3H3,(H,22,24)/t19-/m1/s1. The molecule has 0 aliphatic heterocycles. The number of nitrogens with one attached hydrogen (secondary N) is 1. The van der Waals surface area contributed by atoms with E-state index in [4.69, 9.17) is 5.26 Å². The first-order chi connectivity index (χ1) is 12.8. The summed E-state index contributed by atoms with van der Waals surface area (Å²) in [5.41, 5.74) is 2.86. The van der Waals surface area contributed by atoms with Crippen molar-refractivity contribution < 1.29 is 13.2 Å². The zero-order valence-electron chi connectivity index (χ0n) is 15.6. The molecule has 2 aromatic rings. The van der Waals surface area contributed by atoms with E-state index in [1.54, 1.807) is 43.3 Å². The molecule has 0 aliphatic carbocycles. The van der Waals surface area contributed by atoms with E-state index in [2.05, 4.69) is 11.4 Å². The Morgan fingerprint density at radius 2 is 1.74 bits per heavy atom. The fraction of sp³-hybridized carbons (Fsp3) is 0.300. The highest BCUT2D eigenvalue weighted by Crippen LogP contribution is 2.24. The molecule has 27 heavy (non-hydrogen) atoms. The zero-order valence-corrected chi connectivity index (χ0v) is 16.5. The van der Waals surface area contributed by atoms with Crippen LogP contribution in [0, 0.1) is 18.3 Å². The Hall–Kier alpha value is -2.85. The Balaban J connectivity index is 2.29. The Labute approximate surface area is 160 Å². The molecule has 1 amide bonds. The summed E-state index contributed by atoms with van der Waals surface area (Å²) in [6.07, 6.45) is 1.71. The van der Waals surface area contributed by atoms with E-state index in [0.717, 1.165) is 21.7 Å². The van der Waals surface area contributed by atoms with Gasteiger partial charge in [0.15, 0.2) is 0 Å². The molecule has 0 saturated heterocycles. The van der Waals surface area contributed by atoms with E-state index < -0.39 is 22.0 Å². The molecule has 1 N–H and O–H groups in total. The maximum atomic E-state index is 12.8. The van der Waals surface area contributed by atoms with Gasteiger partial charge in [-0.2, -0.15) is 5.26 Å². The number of carbonyl (C=O) groups is 1. The maximum absolute atomic E-state index is 12.8.